The minimum atomic E-state index is -0.991. The molecule has 0 saturated heterocycles. The normalized spacial score (nSPS) is 10.7. The first-order valence-electron chi connectivity index (χ1n) is 6.47. The molecule has 0 aliphatic carbocycles. The molecule has 104 valence electrons. The molecule has 0 atom stereocenters. The topological polar surface area (TPSA) is 73.2 Å². The number of hydrogen-bond donors (Lipinski definition) is 1. The third kappa shape index (κ3) is 2.43. The van der Waals surface area contributed by atoms with Crippen LogP contribution in [0.3, 0.4) is 0 Å². The Balaban J connectivity index is 2.28. The minimum Gasteiger partial charge on any atom is -0.872 e. The van der Waals surface area contributed by atoms with Crippen LogP contribution in [-0.2, 0) is 0 Å². The number of fused-ring (bicyclic) bond motifs is 1. The van der Waals surface area contributed by atoms with E-state index in [1.165, 1.54) is 12.1 Å². The van der Waals surface area contributed by atoms with Gasteiger partial charge in [0.1, 0.15) is 0 Å². The van der Waals surface area contributed by atoms with Crippen LogP contribution in [0.25, 0.3) is 22.2 Å². The molecule has 0 amide bonds. The van der Waals surface area contributed by atoms with Crippen LogP contribution >= 0.6 is 0 Å². The van der Waals surface area contributed by atoms with Crippen molar-refractivity contribution in [3.05, 3.63) is 59.7 Å². The van der Waals surface area contributed by atoms with E-state index in [-0.39, 0.29) is 11.3 Å². The molecule has 1 heterocycles. The Morgan fingerprint density at radius 2 is 1.81 bits per heavy atom. The van der Waals surface area contributed by atoms with E-state index in [9.17, 15) is 15.0 Å². The van der Waals surface area contributed by atoms with Crippen LogP contribution in [0.1, 0.15) is 15.9 Å². The van der Waals surface area contributed by atoms with Crippen molar-refractivity contribution in [1.29, 1.82) is 0 Å². The molecule has 2 aromatic carbocycles. The number of hydrogen-bond acceptors (Lipinski definition) is 3. The predicted molar refractivity (Wildman–Crippen MR) is 78.3 cm³/mol. The van der Waals surface area contributed by atoms with E-state index in [2.05, 4.69) is 4.98 Å². The molecule has 0 aliphatic rings. The number of carbonyl (C=O) groups is 1. The lowest BCUT2D eigenvalue weighted by atomic mass is 10.0. The highest BCUT2D eigenvalue weighted by Gasteiger charge is 2.12. The maximum Gasteiger partial charge on any atom is 0.336 e. The Labute approximate surface area is 121 Å². The first-order valence-corrected chi connectivity index (χ1v) is 6.47. The first kappa shape index (κ1) is 13.1. The van der Waals surface area contributed by atoms with Crippen LogP contribution in [0.5, 0.6) is 5.75 Å². The first-order chi connectivity index (χ1) is 10.0. The summed E-state index contributed by atoms with van der Waals surface area (Å²) in [5, 5.41) is 21.2. The summed E-state index contributed by atoms with van der Waals surface area (Å²) in [6.07, 6.45) is 0. The molecule has 3 rings (SSSR count). The molecule has 1 aromatic heterocycles. The maximum atomic E-state index is 11.5. The lowest BCUT2D eigenvalue weighted by Gasteiger charge is -2.09. The van der Waals surface area contributed by atoms with Crippen LogP contribution in [0, 0.1) is 6.92 Å². The van der Waals surface area contributed by atoms with Crippen LogP contribution in [0.2, 0.25) is 0 Å². The SMILES string of the molecule is Cc1ccc2nc(-c3ccc([O-])cc3)cc(C(=O)O)c2c1. The van der Waals surface area contributed by atoms with Crippen molar-refractivity contribution in [2.24, 2.45) is 0 Å². The number of benzene rings is 2. The molecule has 0 bridgehead atoms. The third-order valence-electron chi connectivity index (χ3n) is 3.34. The molecule has 1 N–H and O–H groups in total. The van der Waals surface area contributed by atoms with E-state index in [0.717, 1.165) is 11.1 Å². The largest absolute Gasteiger partial charge is 0.872 e. The number of nitrogens with zero attached hydrogens (tertiary/aromatic N) is 1. The van der Waals surface area contributed by atoms with E-state index in [1.807, 2.05) is 25.1 Å². The fourth-order valence-electron chi connectivity index (χ4n) is 2.29. The van der Waals surface area contributed by atoms with Crippen molar-refractivity contribution in [1.82, 2.24) is 4.98 Å². The van der Waals surface area contributed by atoms with Gasteiger partial charge in [0.25, 0.3) is 0 Å². The molecule has 4 nitrogen and oxygen atoms in total. The van der Waals surface area contributed by atoms with E-state index >= 15 is 0 Å². The van der Waals surface area contributed by atoms with Gasteiger partial charge in [0.05, 0.1) is 16.8 Å². The van der Waals surface area contributed by atoms with E-state index < -0.39 is 5.97 Å². The molecule has 21 heavy (non-hydrogen) atoms. The van der Waals surface area contributed by atoms with E-state index in [0.29, 0.717) is 16.6 Å². The monoisotopic (exact) mass is 278 g/mol. The molecule has 0 aliphatic heterocycles. The Bertz CT molecular complexity index is 839. The summed E-state index contributed by atoms with van der Waals surface area (Å²) in [4.78, 5) is 16.0. The summed E-state index contributed by atoms with van der Waals surface area (Å²) >= 11 is 0. The van der Waals surface area contributed by atoms with Gasteiger partial charge in [0, 0.05) is 10.9 Å². The Morgan fingerprint density at radius 1 is 1.10 bits per heavy atom. The molecule has 0 spiro atoms. The van der Waals surface area contributed by atoms with Gasteiger partial charge in [0.15, 0.2) is 0 Å². The van der Waals surface area contributed by atoms with Gasteiger partial charge < -0.3 is 10.2 Å². The number of carboxylic acids is 1. The number of carboxylic acid groups (broad SMARTS) is 1. The smallest absolute Gasteiger partial charge is 0.336 e. The van der Waals surface area contributed by atoms with Gasteiger partial charge in [-0.2, -0.15) is 0 Å². The zero-order valence-electron chi connectivity index (χ0n) is 11.3. The van der Waals surface area contributed by atoms with Crippen molar-refractivity contribution in [3.8, 4) is 17.0 Å². The zero-order valence-corrected chi connectivity index (χ0v) is 11.3. The fourth-order valence-corrected chi connectivity index (χ4v) is 2.29. The van der Waals surface area contributed by atoms with Crippen molar-refractivity contribution in [2.75, 3.05) is 0 Å². The van der Waals surface area contributed by atoms with Crippen molar-refractivity contribution in [2.45, 2.75) is 6.92 Å². The highest BCUT2D eigenvalue weighted by atomic mass is 16.4. The lowest BCUT2D eigenvalue weighted by Crippen LogP contribution is -2.00. The Kier molecular flexibility index (Phi) is 3.06. The van der Waals surface area contributed by atoms with Gasteiger partial charge >= 0.3 is 5.97 Å². The third-order valence-corrected chi connectivity index (χ3v) is 3.34. The zero-order chi connectivity index (χ0) is 15.0. The summed E-state index contributed by atoms with van der Waals surface area (Å²) in [6, 6.07) is 13.2. The highest BCUT2D eigenvalue weighted by Crippen LogP contribution is 2.26. The fraction of sp³-hybridized carbons (Fsp3) is 0.0588. The van der Waals surface area contributed by atoms with Crippen LogP contribution in [0.15, 0.2) is 48.5 Å². The number of aryl methyl sites for hydroxylation is 1. The highest BCUT2D eigenvalue weighted by molar-refractivity contribution is 6.03. The van der Waals surface area contributed by atoms with Gasteiger partial charge in [-0.05, 0) is 25.1 Å². The van der Waals surface area contributed by atoms with Gasteiger partial charge in [-0.3, -0.25) is 0 Å². The summed E-state index contributed by atoms with van der Waals surface area (Å²) in [6.45, 7) is 1.91. The van der Waals surface area contributed by atoms with Crippen molar-refractivity contribution in [3.63, 3.8) is 0 Å². The second-order valence-electron chi connectivity index (χ2n) is 4.91. The summed E-state index contributed by atoms with van der Waals surface area (Å²) < 4.78 is 0. The van der Waals surface area contributed by atoms with Crippen LogP contribution in [-0.4, -0.2) is 16.1 Å². The second kappa shape index (κ2) is 4.90. The molecule has 0 unspecified atom stereocenters. The quantitative estimate of drug-likeness (QED) is 0.782. The maximum absolute atomic E-state index is 11.5. The number of rotatable bonds is 2. The van der Waals surface area contributed by atoms with Crippen molar-refractivity contribution >= 4 is 16.9 Å². The van der Waals surface area contributed by atoms with Gasteiger partial charge in [-0.15, -0.1) is 5.75 Å². The average Bonchev–Trinajstić information content (AvgIpc) is 2.46. The van der Waals surface area contributed by atoms with Gasteiger partial charge in [0.2, 0.25) is 0 Å². The molecule has 3 aromatic rings. The van der Waals surface area contributed by atoms with Gasteiger partial charge in [-0.25, -0.2) is 9.78 Å². The summed E-state index contributed by atoms with van der Waals surface area (Å²) in [5.41, 5.74) is 3.09. The standard InChI is InChI=1S/C17H13NO3/c1-10-2-7-15-13(8-10)14(17(20)21)9-16(18-15)11-3-5-12(19)6-4-11/h2-9,19H,1H3,(H,20,21)/p-1. The molecule has 0 saturated carbocycles. The van der Waals surface area contributed by atoms with Crippen LogP contribution < -0.4 is 5.11 Å². The molecule has 4 heteroatoms. The average molecular weight is 278 g/mol. The summed E-state index contributed by atoms with van der Waals surface area (Å²) in [7, 11) is 0. The van der Waals surface area contributed by atoms with Gasteiger partial charge in [-0.1, -0.05) is 35.9 Å². The Morgan fingerprint density at radius 3 is 2.48 bits per heavy atom. The minimum absolute atomic E-state index is 0.0892. The molecular formula is C17H12NO3-. The number of aromatic carboxylic acids is 1. The number of pyridine rings is 1. The lowest BCUT2D eigenvalue weighted by molar-refractivity contribution is -0.268. The molecule has 0 radical (unpaired) electrons. The second-order valence-corrected chi connectivity index (χ2v) is 4.91. The molecule has 0 fully saturated rings. The van der Waals surface area contributed by atoms with E-state index in [1.54, 1.807) is 18.2 Å². The number of aromatic nitrogens is 1. The Hall–Kier alpha value is -2.88. The summed E-state index contributed by atoms with van der Waals surface area (Å²) in [5.74, 6) is -1.08. The van der Waals surface area contributed by atoms with Crippen molar-refractivity contribution < 1.29 is 15.0 Å². The predicted octanol–water partition coefficient (Wildman–Crippen LogP) is 2.98. The van der Waals surface area contributed by atoms with Crippen LogP contribution in [0.4, 0.5) is 0 Å². The van der Waals surface area contributed by atoms with E-state index in [4.69, 9.17) is 0 Å². The molecular weight excluding hydrogens is 266 g/mol.